The van der Waals surface area contributed by atoms with E-state index in [1.54, 1.807) is 6.07 Å². The van der Waals surface area contributed by atoms with Crippen LogP contribution in [0.25, 0.3) is 0 Å². The van der Waals surface area contributed by atoms with E-state index in [0.717, 1.165) is 19.5 Å². The van der Waals surface area contributed by atoms with E-state index < -0.39 is 15.8 Å². The quantitative estimate of drug-likeness (QED) is 0.616. The highest BCUT2D eigenvalue weighted by Crippen LogP contribution is 2.05. The molecule has 0 aromatic carbocycles. The van der Waals surface area contributed by atoms with Crippen LogP contribution in [-0.4, -0.2) is 33.8 Å². The molecule has 0 amide bonds. The zero-order chi connectivity index (χ0) is 9.73. The van der Waals surface area contributed by atoms with Gasteiger partial charge in [0.25, 0.3) is 0 Å². The summed E-state index contributed by atoms with van der Waals surface area (Å²) in [6.07, 6.45) is 0.995. The van der Waals surface area contributed by atoms with Gasteiger partial charge in [0.2, 0.25) is 10.0 Å². The van der Waals surface area contributed by atoms with Gasteiger partial charge in [-0.25, -0.2) is 13.1 Å². The van der Waals surface area contributed by atoms with E-state index in [-0.39, 0.29) is 0 Å². The summed E-state index contributed by atoms with van der Waals surface area (Å²) in [7, 11) is -3.36. The van der Waals surface area contributed by atoms with Gasteiger partial charge in [0.15, 0.2) is 5.75 Å². The van der Waals surface area contributed by atoms with Crippen LogP contribution in [0, 0.1) is 17.2 Å². The Hall–Kier alpha value is -0.640. The lowest BCUT2D eigenvalue weighted by molar-refractivity contribution is 0.541. The minimum absolute atomic E-state index is 0.369. The molecule has 74 valence electrons. The second-order valence-electron chi connectivity index (χ2n) is 3.12. The van der Waals surface area contributed by atoms with E-state index in [1.807, 2.05) is 0 Å². The van der Waals surface area contributed by atoms with Gasteiger partial charge in [-0.05, 0) is 25.4 Å². The standard InChI is InChI=1S/C7H13N3O2S/c8-2-4-13(11,12)10-6-7-1-3-9-5-7/h7,9-10H,1,3-6H2. The van der Waals surface area contributed by atoms with Gasteiger partial charge in [-0.3, -0.25) is 0 Å². The second-order valence-corrected chi connectivity index (χ2v) is 4.93. The Bertz CT molecular complexity index is 287. The van der Waals surface area contributed by atoms with Crippen molar-refractivity contribution < 1.29 is 8.42 Å². The van der Waals surface area contributed by atoms with Crippen LogP contribution in [0.3, 0.4) is 0 Å². The van der Waals surface area contributed by atoms with Crippen LogP contribution in [0.5, 0.6) is 0 Å². The van der Waals surface area contributed by atoms with Gasteiger partial charge in [0.05, 0.1) is 6.07 Å². The van der Waals surface area contributed by atoms with Crippen LogP contribution in [-0.2, 0) is 10.0 Å². The lowest BCUT2D eigenvalue weighted by Crippen LogP contribution is -2.31. The molecule has 0 saturated carbocycles. The van der Waals surface area contributed by atoms with Crippen molar-refractivity contribution in [2.75, 3.05) is 25.4 Å². The van der Waals surface area contributed by atoms with Crippen molar-refractivity contribution in [3.8, 4) is 6.07 Å². The monoisotopic (exact) mass is 203 g/mol. The summed E-state index contributed by atoms with van der Waals surface area (Å²) in [5.41, 5.74) is 0. The maximum atomic E-state index is 11.0. The number of hydrogen-bond donors (Lipinski definition) is 2. The van der Waals surface area contributed by atoms with Gasteiger partial charge in [0.1, 0.15) is 0 Å². The van der Waals surface area contributed by atoms with Crippen LogP contribution in [0.4, 0.5) is 0 Å². The van der Waals surface area contributed by atoms with Gasteiger partial charge < -0.3 is 5.32 Å². The second kappa shape index (κ2) is 4.56. The molecule has 5 nitrogen and oxygen atoms in total. The molecule has 1 atom stereocenters. The molecule has 0 radical (unpaired) electrons. The van der Waals surface area contributed by atoms with E-state index in [4.69, 9.17) is 5.26 Å². The van der Waals surface area contributed by atoms with Gasteiger partial charge >= 0.3 is 0 Å². The molecule has 1 unspecified atom stereocenters. The van der Waals surface area contributed by atoms with Crippen molar-refractivity contribution >= 4 is 10.0 Å². The Labute approximate surface area is 78.2 Å². The third-order valence-electron chi connectivity index (χ3n) is 2.01. The largest absolute Gasteiger partial charge is 0.316 e. The highest BCUT2D eigenvalue weighted by atomic mass is 32.2. The van der Waals surface area contributed by atoms with Gasteiger partial charge in [0, 0.05) is 6.54 Å². The van der Waals surface area contributed by atoms with Crippen LogP contribution in [0.15, 0.2) is 0 Å². The van der Waals surface area contributed by atoms with Crippen molar-refractivity contribution in [3.05, 3.63) is 0 Å². The van der Waals surface area contributed by atoms with Crippen molar-refractivity contribution in [1.29, 1.82) is 5.26 Å². The molecule has 0 spiro atoms. The van der Waals surface area contributed by atoms with Crippen molar-refractivity contribution in [2.24, 2.45) is 5.92 Å². The maximum absolute atomic E-state index is 11.0. The first-order valence-corrected chi connectivity index (χ1v) is 5.84. The average molecular weight is 203 g/mol. The lowest BCUT2D eigenvalue weighted by Gasteiger charge is -2.08. The molecule has 1 rings (SSSR count). The number of sulfonamides is 1. The summed E-state index contributed by atoms with van der Waals surface area (Å²) in [6, 6.07) is 1.62. The zero-order valence-electron chi connectivity index (χ0n) is 7.28. The fourth-order valence-corrected chi connectivity index (χ4v) is 2.03. The van der Waals surface area contributed by atoms with E-state index >= 15 is 0 Å². The highest BCUT2D eigenvalue weighted by molar-refractivity contribution is 7.89. The third-order valence-corrected chi connectivity index (χ3v) is 3.12. The molecule has 1 fully saturated rings. The van der Waals surface area contributed by atoms with Crippen LogP contribution >= 0.6 is 0 Å². The fourth-order valence-electron chi connectivity index (χ4n) is 1.27. The SMILES string of the molecule is N#CCS(=O)(=O)NCC1CCNC1. The Balaban J connectivity index is 2.29. The summed E-state index contributed by atoms with van der Waals surface area (Å²) < 4.78 is 24.5. The normalized spacial score (nSPS) is 22.8. The smallest absolute Gasteiger partial charge is 0.225 e. The van der Waals surface area contributed by atoms with Gasteiger partial charge in [-0.15, -0.1) is 0 Å². The molecule has 13 heavy (non-hydrogen) atoms. The first kappa shape index (κ1) is 10.4. The molecule has 1 heterocycles. The molecule has 0 bridgehead atoms. The molecule has 1 saturated heterocycles. The summed E-state index contributed by atoms with van der Waals surface area (Å²) >= 11 is 0. The van der Waals surface area contributed by atoms with Gasteiger partial charge in [-0.2, -0.15) is 5.26 Å². The number of hydrogen-bond acceptors (Lipinski definition) is 4. The molecule has 1 aliphatic rings. The molecule has 1 aliphatic heterocycles. The summed E-state index contributed by atoms with van der Waals surface area (Å²) in [5.74, 6) is -0.0823. The number of nitriles is 1. The Morgan fingerprint density at radius 2 is 2.38 bits per heavy atom. The maximum Gasteiger partial charge on any atom is 0.225 e. The topological polar surface area (TPSA) is 82.0 Å². The summed E-state index contributed by atoms with van der Waals surface area (Å²) in [5, 5.41) is 11.4. The van der Waals surface area contributed by atoms with Crippen LogP contribution in [0.2, 0.25) is 0 Å². The number of nitrogens with zero attached hydrogens (tertiary/aromatic N) is 1. The highest BCUT2D eigenvalue weighted by Gasteiger charge is 2.17. The molecule has 0 aliphatic carbocycles. The molecular formula is C7H13N3O2S. The summed E-state index contributed by atoms with van der Waals surface area (Å²) in [6.45, 7) is 2.25. The van der Waals surface area contributed by atoms with Crippen molar-refractivity contribution in [1.82, 2.24) is 10.0 Å². The van der Waals surface area contributed by atoms with E-state index in [1.165, 1.54) is 0 Å². The lowest BCUT2D eigenvalue weighted by atomic mass is 10.1. The molecule has 0 aromatic heterocycles. The first-order chi connectivity index (χ1) is 6.14. The van der Waals surface area contributed by atoms with Crippen molar-refractivity contribution in [3.63, 3.8) is 0 Å². The average Bonchev–Trinajstić information content (AvgIpc) is 2.52. The molecular weight excluding hydrogens is 190 g/mol. The van der Waals surface area contributed by atoms with Gasteiger partial charge in [-0.1, -0.05) is 0 Å². The molecule has 0 aromatic rings. The Kier molecular flexibility index (Phi) is 3.66. The molecule has 2 N–H and O–H groups in total. The van der Waals surface area contributed by atoms with Crippen molar-refractivity contribution in [2.45, 2.75) is 6.42 Å². The zero-order valence-corrected chi connectivity index (χ0v) is 8.10. The number of rotatable bonds is 4. The predicted molar refractivity (Wildman–Crippen MR) is 48.4 cm³/mol. The fraction of sp³-hybridized carbons (Fsp3) is 0.857. The van der Waals surface area contributed by atoms with E-state index in [0.29, 0.717) is 12.5 Å². The minimum Gasteiger partial charge on any atom is -0.316 e. The van der Waals surface area contributed by atoms with E-state index in [2.05, 4.69) is 10.0 Å². The summed E-state index contributed by atoms with van der Waals surface area (Å²) in [4.78, 5) is 0. The first-order valence-electron chi connectivity index (χ1n) is 4.19. The van der Waals surface area contributed by atoms with Crippen LogP contribution in [0.1, 0.15) is 6.42 Å². The third kappa shape index (κ3) is 3.72. The molecule has 6 heteroatoms. The number of nitrogens with one attached hydrogen (secondary N) is 2. The Morgan fingerprint density at radius 3 is 2.92 bits per heavy atom. The van der Waals surface area contributed by atoms with Crippen LogP contribution < -0.4 is 10.0 Å². The van der Waals surface area contributed by atoms with E-state index in [9.17, 15) is 8.42 Å². The predicted octanol–water partition coefficient (Wildman–Crippen LogP) is -0.961. The minimum atomic E-state index is -3.36. The Morgan fingerprint density at radius 1 is 1.62 bits per heavy atom.